The summed E-state index contributed by atoms with van der Waals surface area (Å²) in [5.74, 6) is 1.01. The zero-order valence-electron chi connectivity index (χ0n) is 12.2. The molecular weight excluding hydrogens is 248 g/mol. The molecule has 0 amide bonds. The van der Waals surface area contributed by atoms with Gasteiger partial charge in [-0.25, -0.2) is 0 Å². The Balaban J connectivity index is 2.90. The first-order chi connectivity index (χ1) is 8.99. The zero-order valence-corrected chi connectivity index (χ0v) is 13.0. The molecule has 1 rings (SSSR count). The van der Waals surface area contributed by atoms with E-state index in [1.165, 1.54) is 5.57 Å². The van der Waals surface area contributed by atoms with Gasteiger partial charge in [0.15, 0.2) is 0 Å². The van der Waals surface area contributed by atoms with Crippen LogP contribution in [-0.4, -0.2) is 0 Å². The monoisotopic (exact) mass is 272 g/mol. The SMILES string of the molecule is C=C1/C=C\C(C)/C=C\CC(C)/C=C\C=C(\C)C(=C)S1. The van der Waals surface area contributed by atoms with Gasteiger partial charge in [0.2, 0.25) is 0 Å². The van der Waals surface area contributed by atoms with Crippen LogP contribution in [0.25, 0.3) is 0 Å². The van der Waals surface area contributed by atoms with E-state index in [0.717, 1.165) is 16.2 Å². The number of hydrogen-bond donors (Lipinski definition) is 0. The highest BCUT2D eigenvalue weighted by atomic mass is 32.2. The molecule has 0 aromatic carbocycles. The maximum absolute atomic E-state index is 4.11. The fourth-order valence-corrected chi connectivity index (χ4v) is 2.36. The maximum Gasteiger partial charge on any atom is 0.00790 e. The fourth-order valence-electron chi connectivity index (χ4n) is 1.66. The molecule has 2 unspecified atom stereocenters. The predicted octanol–water partition coefficient (Wildman–Crippen LogP) is 6.04. The van der Waals surface area contributed by atoms with Crippen molar-refractivity contribution in [3.8, 4) is 0 Å². The Hall–Kier alpha value is -1.21. The zero-order chi connectivity index (χ0) is 14.3. The molecule has 1 heteroatoms. The molecule has 102 valence electrons. The third-order valence-electron chi connectivity index (χ3n) is 3.01. The minimum atomic E-state index is 0.446. The molecule has 0 fully saturated rings. The normalized spacial score (nSPS) is 33.9. The van der Waals surface area contributed by atoms with Gasteiger partial charge >= 0.3 is 0 Å². The first-order valence-electron chi connectivity index (χ1n) is 6.75. The highest BCUT2D eigenvalue weighted by molar-refractivity contribution is 8.07. The molecule has 0 aliphatic carbocycles. The van der Waals surface area contributed by atoms with E-state index in [1.54, 1.807) is 11.8 Å². The molecule has 1 aliphatic rings. The Labute approximate surface area is 122 Å². The van der Waals surface area contributed by atoms with E-state index < -0.39 is 0 Å². The van der Waals surface area contributed by atoms with Crippen molar-refractivity contribution in [3.63, 3.8) is 0 Å². The Morgan fingerprint density at radius 3 is 2.63 bits per heavy atom. The third-order valence-corrected chi connectivity index (χ3v) is 3.98. The van der Waals surface area contributed by atoms with Crippen LogP contribution in [0, 0.1) is 11.8 Å². The summed E-state index contributed by atoms with van der Waals surface area (Å²) in [6, 6.07) is 0. The van der Waals surface area contributed by atoms with Gasteiger partial charge in [-0.1, -0.05) is 81.3 Å². The van der Waals surface area contributed by atoms with Crippen molar-refractivity contribution in [2.45, 2.75) is 27.2 Å². The van der Waals surface area contributed by atoms with Gasteiger partial charge in [-0.05, 0) is 30.8 Å². The molecule has 0 saturated carbocycles. The van der Waals surface area contributed by atoms with Gasteiger partial charge in [0.25, 0.3) is 0 Å². The van der Waals surface area contributed by atoms with Crippen LogP contribution < -0.4 is 0 Å². The van der Waals surface area contributed by atoms with E-state index in [1.807, 2.05) is 0 Å². The van der Waals surface area contributed by atoms with Crippen molar-refractivity contribution in [3.05, 3.63) is 71.1 Å². The number of rotatable bonds is 0. The van der Waals surface area contributed by atoms with Crippen molar-refractivity contribution in [1.82, 2.24) is 0 Å². The summed E-state index contributed by atoms with van der Waals surface area (Å²) in [7, 11) is 0. The summed E-state index contributed by atoms with van der Waals surface area (Å²) in [4.78, 5) is 2.10. The lowest BCUT2D eigenvalue weighted by atomic mass is 10.0. The summed E-state index contributed by atoms with van der Waals surface area (Å²) in [5.41, 5.74) is 1.20. The standard InChI is InChI=1S/C18H24S/c1-14-8-6-9-15(2)12-13-17(4)19-18(5)16(3)11-7-10-14/h6-7,9-15H,4-5,8H2,1-3H3/b9-6-,10-7-,13-12-,16-11-. The van der Waals surface area contributed by atoms with Gasteiger partial charge in [-0.2, -0.15) is 0 Å². The third kappa shape index (κ3) is 6.49. The van der Waals surface area contributed by atoms with E-state index in [9.17, 15) is 0 Å². The van der Waals surface area contributed by atoms with Gasteiger partial charge < -0.3 is 0 Å². The summed E-state index contributed by atoms with van der Waals surface area (Å²) < 4.78 is 0. The van der Waals surface area contributed by atoms with Crippen LogP contribution in [0.3, 0.4) is 0 Å². The highest BCUT2D eigenvalue weighted by Crippen LogP contribution is 2.29. The van der Waals surface area contributed by atoms with Crippen LogP contribution in [-0.2, 0) is 0 Å². The van der Waals surface area contributed by atoms with Crippen LogP contribution in [0.1, 0.15) is 27.2 Å². The lowest BCUT2D eigenvalue weighted by Crippen LogP contribution is -1.89. The number of allylic oxidation sites excluding steroid dienone is 8. The van der Waals surface area contributed by atoms with Crippen LogP contribution in [0.15, 0.2) is 71.1 Å². The Morgan fingerprint density at radius 2 is 1.89 bits per heavy atom. The van der Waals surface area contributed by atoms with Crippen molar-refractivity contribution in [1.29, 1.82) is 0 Å². The first-order valence-corrected chi connectivity index (χ1v) is 7.56. The first kappa shape index (κ1) is 15.8. The van der Waals surface area contributed by atoms with Gasteiger partial charge in [-0.15, -0.1) is 0 Å². The molecule has 0 saturated heterocycles. The highest BCUT2D eigenvalue weighted by Gasteiger charge is 2.01. The minimum absolute atomic E-state index is 0.446. The Kier molecular flexibility index (Phi) is 6.72. The summed E-state index contributed by atoms with van der Waals surface area (Å²) in [5, 5.41) is 0. The van der Waals surface area contributed by atoms with Crippen LogP contribution in [0.4, 0.5) is 0 Å². The van der Waals surface area contributed by atoms with Crippen molar-refractivity contribution in [2.24, 2.45) is 11.8 Å². The smallest absolute Gasteiger partial charge is 0.00790 e. The summed E-state index contributed by atoms with van der Waals surface area (Å²) >= 11 is 1.64. The van der Waals surface area contributed by atoms with E-state index in [-0.39, 0.29) is 0 Å². The predicted molar refractivity (Wildman–Crippen MR) is 90.0 cm³/mol. The van der Waals surface area contributed by atoms with Gasteiger partial charge in [0.05, 0.1) is 0 Å². The summed E-state index contributed by atoms with van der Waals surface area (Å²) in [6.07, 6.45) is 16.4. The molecule has 1 heterocycles. The molecule has 0 aromatic heterocycles. The quantitative estimate of drug-likeness (QED) is 0.485. The lowest BCUT2D eigenvalue weighted by Gasteiger charge is -2.07. The van der Waals surface area contributed by atoms with Crippen LogP contribution in [0.2, 0.25) is 0 Å². The number of hydrogen-bond acceptors (Lipinski definition) is 1. The molecular formula is C18H24S. The van der Waals surface area contributed by atoms with E-state index in [4.69, 9.17) is 0 Å². The molecule has 0 nitrogen and oxygen atoms in total. The van der Waals surface area contributed by atoms with E-state index >= 15 is 0 Å². The van der Waals surface area contributed by atoms with Crippen molar-refractivity contribution in [2.75, 3.05) is 0 Å². The molecule has 0 bridgehead atoms. The topological polar surface area (TPSA) is 0 Å². The lowest BCUT2D eigenvalue weighted by molar-refractivity contribution is 0.739. The average molecular weight is 272 g/mol. The molecule has 1 aliphatic heterocycles. The molecule has 0 spiro atoms. The molecule has 19 heavy (non-hydrogen) atoms. The van der Waals surface area contributed by atoms with Crippen LogP contribution >= 0.6 is 11.8 Å². The van der Waals surface area contributed by atoms with Gasteiger partial charge in [-0.3, -0.25) is 0 Å². The fraction of sp³-hybridized carbons (Fsp3) is 0.333. The number of thioether (sulfide) groups is 1. The second kappa shape index (κ2) is 8.06. The minimum Gasteiger partial charge on any atom is -0.0911 e. The molecule has 2 atom stereocenters. The Morgan fingerprint density at radius 1 is 1.16 bits per heavy atom. The Bertz CT molecular complexity index is 446. The van der Waals surface area contributed by atoms with Crippen LogP contribution in [0.5, 0.6) is 0 Å². The van der Waals surface area contributed by atoms with Crippen molar-refractivity contribution < 1.29 is 0 Å². The maximum atomic E-state index is 4.11. The van der Waals surface area contributed by atoms with E-state index in [0.29, 0.717) is 11.8 Å². The van der Waals surface area contributed by atoms with Gasteiger partial charge in [0, 0.05) is 9.81 Å². The molecule has 0 radical (unpaired) electrons. The van der Waals surface area contributed by atoms with Gasteiger partial charge in [0.1, 0.15) is 0 Å². The molecule has 0 N–H and O–H groups in total. The van der Waals surface area contributed by atoms with Crippen molar-refractivity contribution >= 4 is 11.8 Å². The largest absolute Gasteiger partial charge is 0.0911 e. The second-order valence-corrected chi connectivity index (χ2v) is 6.31. The average Bonchev–Trinajstić information content (AvgIpc) is 2.35. The summed E-state index contributed by atoms with van der Waals surface area (Å²) in [6.45, 7) is 14.7. The molecule has 0 aromatic rings. The van der Waals surface area contributed by atoms with E-state index in [2.05, 4.69) is 76.5 Å². The second-order valence-electron chi connectivity index (χ2n) is 5.09.